The van der Waals surface area contributed by atoms with Crippen LogP contribution in [0.5, 0.6) is 0 Å². The molecule has 0 amide bonds. The van der Waals surface area contributed by atoms with Crippen LogP contribution in [0, 0.1) is 17.8 Å². The van der Waals surface area contributed by atoms with E-state index in [9.17, 15) is 4.79 Å². The van der Waals surface area contributed by atoms with Gasteiger partial charge in [0.25, 0.3) is 0 Å². The van der Waals surface area contributed by atoms with Crippen LogP contribution in [0.3, 0.4) is 0 Å². The molecule has 2 rings (SSSR count). The lowest BCUT2D eigenvalue weighted by Crippen LogP contribution is -2.10. The molecule has 0 heterocycles. The average molecular weight is 137 g/mol. The van der Waals surface area contributed by atoms with E-state index in [-0.39, 0.29) is 0 Å². The van der Waals surface area contributed by atoms with Crippen molar-refractivity contribution in [1.29, 1.82) is 0 Å². The molecule has 0 spiro atoms. The minimum Gasteiger partial charge on any atom is -0.291 e. The molecule has 1 radical (unpaired) electrons. The van der Waals surface area contributed by atoms with Crippen LogP contribution < -0.4 is 0 Å². The molecule has 10 heavy (non-hydrogen) atoms. The molecule has 2 bridgehead atoms. The zero-order valence-electron chi connectivity index (χ0n) is 6.18. The van der Waals surface area contributed by atoms with Gasteiger partial charge in [-0.1, -0.05) is 6.42 Å². The Morgan fingerprint density at radius 3 is 2.70 bits per heavy atom. The van der Waals surface area contributed by atoms with E-state index >= 15 is 0 Å². The highest BCUT2D eigenvalue weighted by Gasteiger charge is 2.38. The molecule has 0 aromatic carbocycles. The first-order valence-corrected chi connectivity index (χ1v) is 4.25. The van der Waals surface area contributed by atoms with Crippen molar-refractivity contribution in [1.82, 2.24) is 0 Å². The van der Waals surface area contributed by atoms with E-state index in [1.54, 1.807) is 0 Å². The van der Waals surface area contributed by atoms with Crippen molar-refractivity contribution in [2.24, 2.45) is 17.8 Å². The van der Waals surface area contributed by atoms with E-state index in [0.717, 1.165) is 17.8 Å². The van der Waals surface area contributed by atoms with Gasteiger partial charge in [-0.2, -0.15) is 0 Å². The predicted molar refractivity (Wildman–Crippen MR) is 39.2 cm³/mol. The second-order valence-electron chi connectivity index (χ2n) is 3.78. The Labute approximate surface area is 61.8 Å². The Morgan fingerprint density at radius 2 is 2.20 bits per heavy atom. The molecule has 2 fully saturated rings. The van der Waals surface area contributed by atoms with Crippen LogP contribution in [-0.4, -0.2) is 6.29 Å². The minimum atomic E-state index is 0.709. The van der Waals surface area contributed by atoms with Crippen molar-refractivity contribution in [3.8, 4) is 0 Å². The van der Waals surface area contributed by atoms with Crippen molar-refractivity contribution in [2.45, 2.75) is 32.1 Å². The van der Waals surface area contributed by atoms with Gasteiger partial charge in [-0.3, -0.25) is 4.79 Å². The maximum Gasteiger partial charge on any atom is 0.198 e. The molecule has 2 aliphatic rings. The molecule has 3 unspecified atom stereocenters. The third-order valence-electron chi connectivity index (χ3n) is 3.23. The van der Waals surface area contributed by atoms with Crippen LogP contribution in [0.15, 0.2) is 0 Å². The van der Waals surface area contributed by atoms with E-state index in [2.05, 4.69) is 0 Å². The summed E-state index contributed by atoms with van der Waals surface area (Å²) in [5, 5.41) is 0. The van der Waals surface area contributed by atoms with Gasteiger partial charge in [-0.05, 0) is 37.0 Å². The Hall–Kier alpha value is -0.330. The molecule has 0 aliphatic heterocycles. The van der Waals surface area contributed by atoms with E-state index < -0.39 is 0 Å². The van der Waals surface area contributed by atoms with Gasteiger partial charge in [-0.25, -0.2) is 0 Å². The summed E-state index contributed by atoms with van der Waals surface area (Å²) in [5.41, 5.74) is 0. The van der Waals surface area contributed by atoms with Gasteiger partial charge >= 0.3 is 0 Å². The molecule has 0 aromatic rings. The van der Waals surface area contributed by atoms with Crippen LogP contribution in [0.25, 0.3) is 0 Å². The average Bonchev–Trinajstić information content (AvgIpc) is 2.48. The maximum atomic E-state index is 10.1. The van der Waals surface area contributed by atoms with Gasteiger partial charge in [-0.15, -0.1) is 0 Å². The first kappa shape index (κ1) is 6.38. The standard InChI is InChI=1S/C9H13O/c10-4-3-9-6-7-1-2-8(9)5-7/h7-9H,1-3,5-6H2. The van der Waals surface area contributed by atoms with Gasteiger partial charge in [0.05, 0.1) is 0 Å². The van der Waals surface area contributed by atoms with Crippen LogP contribution in [-0.2, 0) is 4.79 Å². The predicted octanol–water partition coefficient (Wildman–Crippen LogP) is 1.92. The summed E-state index contributed by atoms with van der Waals surface area (Å²) in [7, 11) is 0. The van der Waals surface area contributed by atoms with Crippen molar-refractivity contribution in [3.05, 3.63) is 0 Å². The van der Waals surface area contributed by atoms with E-state index in [1.165, 1.54) is 25.7 Å². The number of hydrogen-bond donors (Lipinski definition) is 0. The molecular formula is C9H13O. The third kappa shape index (κ3) is 0.882. The highest BCUT2D eigenvalue weighted by Crippen LogP contribution is 2.49. The van der Waals surface area contributed by atoms with Gasteiger partial charge in [0, 0.05) is 6.42 Å². The third-order valence-corrected chi connectivity index (χ3v) is 3.23. The van der Waals surface area contributed by atoms with Gasteiger partial charge in [0.1, 0.15) is 0 Å². The monoisotopic (exact) mass is 137 g/mol. The van der Waals surface area contributed by atoms with Crippen LogP contribution >= 0.6 is 0 Å². The van der Waals surface area contributed by atoms with Gasteiger partial charge in [0.2, 0.25) is 0 Å². The Balaban J connectivity index is 1.95. The Morgan fingerprint density at radius 1 is 1.30 bits per heavy atom. The minimum absolute atomic E-state index is 0.709. The Kier molecular flexibility index (Phi) is 1.51. The lowest BCUT2D eigenvalue weighted by Gasteiger charge is -2.18. The largest absolute Gasteiger partial charge is 0.291 e. The van der Waals surface area contributed by atoms with Crippen LogP contribution in [0.2, 0.25) is 0 Å². The normalized spacial score (nSPS) is 44.2. The van der Waals surface area contributed by atoms with Crippen LogP contribution in [0.4, 0.5) is 0 Å². The molecule has 2 saturated carbocycles. The van der Waals surface area contributed by atoms with Gasteiger partial charge < -0.3 is 0 Å². The summed E-state index contributed by atoms with van der Waals surface area (Å²) in [6, 6.07) is 0. The molecule has 1 nitrogen and oxygen atoms in total. The van der Waals surface area contributed by atoms with E-state index in [1.807, 2.05) is 6.29 Å². The van der Waals surface area contributed by atoms with Gasteiger partial charge in [0.15, 0.2) is 6.29 Å². The lowest BCUT2D eigenvalue weighted by atomic mass is 9.87. The summed E-state index contributed by atoms with van der Waals surface area (Å²) in [6.45, 7) is 0. The first-order valence-electron chi connectivity index (χ1n) is 4.25. The fourth-order valence-electron chi connectivity index (χ4n) is 2.73. The van der Waals surface area contributed by atoms with Crippen LogP contribution in [0.1, 0.15) is 32.1 Å². The molecule has 1 heteroatoms. The van der Waals surface area contributed by atoms with E-state index in [0.29, 0.717) is 6.42 Å². The summed E-state index contributed by atoms with van der Waals surface area (Å²) >= 11 is 0. The SMILES string of the molecule is O=[C]CC1CC2CCC1C2. The fraction of sp³-hybridized carbons (Fsp3) is 0.889. The fourth-order valence-corrected chi connectivity index (χ4v) is 2.73. The van der Waals surface area contributed by atoms with Crippen molar-refractivity contribution in [2.75, 3.05) is 0 Å². The number of rotatable bonds is 2. The zero-order valence-corrected chi connectivity index (χ0v) is 6.18. The summed E-state index contributed by atoms with van der Waals surface area (Å²) < 4.78 is 0. The highest BCUT2D eigenvalue weighted by atomic mass is 16.1. The van der Waals surface area contributed by atoms with Crippen molar-refractivity contribution >= 4 is 6.29 Å². The number of fused-ring (bicyclic) bond motifs is 2. The lowest BCUT2D eigenvalue weighted by molar-refractivity contribution is 0.338. The maximum absolute atomic E-state index is 10.1. The number of hydrogen-bond acceptors (Lipinski definition) is 1. The quantitative estimate of drug-likeness (QED) is 0.568. The molecule has 0 N–H and O–H groups in total. The number of carbonyl (C=O) groups excluding carboxylic acids is 1. The summed E-state index contributed by atoms with van der Waals surface area (Å²) in [5.74, 6) is 2.59. The molecule has 3 atom stereocenters. The Bertz CT molecular complexity index is 142. The van der Waals surface area contributed by atoms with Crippen molar-refractivity contribution < 1.29 is 4.79 Å². The smallest absolute Gasteiger partial charge is 0.198 e. The molecule has 55 valence electrons. The molecule has 2 aliphatic carbocycles. The second-order valence-corrected chi connectivity index (χ2v) is 3.78. The van der Waals surface area contributed by atoms with E-state index in [4.69, 9.17) is 0 Å². The second kappa shape index (κ2) is 2.37. The summed E-state index contributed by atoms with van der Waals surface area (Å²) in [6.07, 6.45) is 8.30. The molecule has 0 saturated heterocycles. The topological polar surface area (TPSA) is 17.1 Å². The molecule has 0 aromatic heterocycles. The highest BCUT2D eigenvalue weighted by molar-refractivity contribution is 5.51. The van der Waals surface area contributed by atoms with Crippen molar-refractivity contribution in [3.63, 3.8) is 0 Å². The zero-order chi connectivity index (χ0) is 6.97. The summed E-state index contributed by atoms with van der Waals surface area (Å²) in [4.78, 5) is 10.1. The first-order chi connectivity index (χ1) is 4.90. The molecular weight excluding hydrogens is 124 g/mol.